The van der Waals surface area contributed by atoms with E-state index in [0.29, 0.717) is 6.61 Å². The zero-order valence-corrected chi connectivity index (χ0v) is 13.4. The van der Waals surface area contributed by atoms with Crippen molar-refractivity contribution in [2.75, 3.05) is 7.11 Å². The molecule has 1 aromatic heterocycles. The molecule has 0 fully saturated rings. The molecule has 0 spiro atoms. The Bertz CT molecular complexity index is 830. The van der Waals surface area contributed by atoms with Gasteiger partial charge in [-0.05, 0) is 35.9 Å². The van der Waals surface area contributed by atoms with Crippen LogP contribution in [0.1, 0.15) is 11.4 Å². The molecule has 4 rings (SSSR count). The average molecular weight is 325 g/mol. The van der Waals surface area contributed by atoms with Crippen LogP contribution in [0.25, 0.3) is 5.69 Å². The molecule has 3 aromatic rings. The average Bonchev–Trinajstić information content (AvgIpc) is 3.09. The molecule has 1 aliphatic rings. The van der Waals surface area contributed by atoms with Gasteiger partial charge >= 0.3 is 0 Å². The number of rotatable bonds is 4. The Kier molecular flexibility index (Phi) is 3.67. The van der Waals surface area contributed by atoms with Crippen LogP contribution in [0.15, 0.2) is 53.7 Å². The molecule has 0 aliphatic carbocycles. The molecular formula is C17H15N3O2S. The summed E-state index contributed by atoms with van der Waals surface area (Å²) in [4.78, 5) is 1.18. The zero-order chi connectivity index (χ0) is 15.6. The Hall–Kier alpha value is -2.47. The summed E-state index contributed by atoms with van der Waals surface area (Å²) in [6, 6.07) is 14.0. The lowest BCUT2D eigenvalue weighted by Crippen LogP contribution is -2.06. The second kappa shape index (κ2) is 5.96. The smallest absolute Gasteiger partial charge is 0.147 e. The number of fused-ring (bicyclic) bond motifs is 3. The maximum Gasteiger partial charge on any atom is 0.147 e. The van der Waals surface area contributed by atoms with E-state index < -0.39 is 0 Å². The van der Waals surface area contributed by atoms with Gasteiger partial charge in [0.25, 0.3) is 0 Å². The first-order chi connectivity index (χ1) is 11.3. The van der Waals surface area contributed by atoms with E-state index in [9.17, 15) is 0 Å². The van der Waals surface area contributed by atoms with Gasteiger partial charge in [-0.25, -0.2) is 0 Å². The maximum atomic E-state index is 5.91. The van der Waals surface area contributed by atoms with Gasteiger partial charge in [0, 0.05) is 4.90 Å². The van der Waals surface area contributed by atoms with Crippen LogP contribution in [0, 0.1) is 0 Å². The van der Waals surface area contributed by atoms with Gasteiger partial charge in [0.05, 0.1) is 18.6 Å². The highest BCUT2D eigenvalue weighted by atomic mass is 32.2. The molecule has 0 radical (unpaired) electrons. The van der Waals surface area contributed by atoms with E-state index in [0.717, 1.165) is 34.3 Å². The van der Waals surface area contributed by atoms with E-state index in [-0.39, 0.29) is 0 Å². The monoisotopic (exact) mass is 325 g/mol. The number of nitrogens with zero attached hydrogens (tertiary/aromatic N) is 3. The van der Waals surface area contributed by atoms with Gasteiger partial charge in [-0.15, -0.1) is 22.0 Å². The van der Waals surface area contributed by atoms with Gasteiger partial charge in [-0.1, -0.05) is 12.1 Å². The number of hydrogen-bond acceptors (Lipinski definition) is 5. The van der Waals surface area contributed by atoms with Crippen LogP contribution in [-0.2, 0) is 12.4 Å². The Morgan fingerprint density at radius 3 is 2.78 bits per heavy atom. The van der Waals surface area contributed by atoms with Crippen LogP contribution < -0.4 is 9.47 Å². The standard InChI is InChI=1S/C17H15N3O2S/c1-21-13-4-2-12(3-5-13)9-22-14-6-7-15-16(8-14)23-10-17-19-18-11-20(15)17/h2-8,11H,9-10H2,1H3. The van der Waals surface area contributed by atoms with Crippen molar-refractivity contribution in [2.45, 2.75) is 17.3 Å². The summed E-state index contributed by atoms with van der Waals surface area (Å²) in [5.41, 5.74) is 2.22. The molecule has 0 saturated heterocycles. The third-order valence-electron chi connectivity index (χ3n) is 3.73. The summed E-state index contributed by atoms with van der Waals surface area (Å²) in [5.74, 6) is 3.52. The summed E-state index contributed by atoms with van der Waals surface area (Å²) in [7, 11) is 1.66. The van der Waals surface area contributed by atoms with Gasteiger partial charge in [-0.2, -0.15) is 0 Å². The van der Waals surface area contributed by atoms with Crippen molar-refractivity contribution < 1.29 is 9.47 Å². The third kappa shape index (κ3) is 2.77. The summed E-state index contributed by atoms with van der Waals surface area (Å²) in [6.07, 6.45) is 1.76. The summed E-state index contributed by atoms with van der Waals surface area (Å²) < 4.78 is 13.1. The fraction of sp³-hybridized carbons (Fsp3) is 0.176. The molecule has 0 bridgehead atoms. The predicted octanol–water partition coefficient (Wildman–Crippen LogP) is 3.46. The van der Waals surface area contributed by atoms with E-state index in [4.69, 9.17) is 9.47 Å². The minimum absolute atomic E-state index is 0.533. The van der Waals surface area contributed by atoms with Gasteiger partial charge < -0.3 is 9.47 Å². The van der Waals surface area contributed by atoms with Crippen molar-refractivity contribution in [3.05, 3.63) is 60.2 Å². The highest BCUT2D eigenvalue weighted by molar-refractivity contribution is 7.98. The van der Waals surface area contributed by atoms with E-state index in [1.807, 2.05) is 34.9 Å². The van der Waals surface area contributed by atoms with Crippen molar-refractivity contribution in [3.8, 4) is 17.2 Å². The lowest BCUT2D eigenvalue weighted by molar-refractivity contribution is 0.305. The molecule has 2 heterocycles. The van der Waals surface area contributed by atoms with E-state index >= 15 is 0 Å². The summed E-state index contributed by atoms with van der Waals surface area (Å²) >= 11 is 1.76. The molecule has 23 heavy (non-hydrogen) atoms. The predicted molar refractivity (Wildman–Crippen MR) is 88.2 cm³/mol. The zero-order valence-electron chi connectivity index (χ0n) is 12.6. The Morgan fingerprint density at radius 2 is 1.96 bits per heavy atom. The highest BCUT2D eigenvalue weighted by Gasteiger charge is 2.17. The van der Waals surface area contributed by atoms with Crippen molar-refractivity contribution in [2.24, 2.45) is 0 Å². The van der Waals surface area contributed by atoms with Crippen molar-refractivity contribution in [1.82, 2.24) is 14.8 Å². The Morgan fingerprint density at radius 1 is 1.13 bits per heavy atom. The lowest BCUT2D eigenvalue weighted by atomic mass is 10.2. The number of hydrogen-bond donors (Lipinski definition) is 0. The molecule has 2 aromatic carbocycles. The quantitative estimate of drug-likeness (QED) is 0.735. The number of benzene rings is 2. The normalized spacial score (nSPS) is 12.4. The molecule has 0 amide bonds. The molecule has 0 saturated carbocycles. The summed E-state index contributed by atoms with van der Waals surface area (Å²) in [5, 5.41) is 8.09. The van der Waals surface area contributed by atoms with Gasteiger partial charge in [0.15, 0.2) is 0 Å². The molecule has 0 N–H and O–H groups in total. The first-order valence-electron chi connectivity index (χ1n) is 7.25. The minimum Gasteiger partial charge on any atom is -0.497 e. The van der Waals surface area contributed by atoms with Crippen LogP contribution in [0.3, 0.4) is 0 Å². The van der Waals surface area contributed by atoms with Crippen LogP contribution in [-0.4, -0.2) is 21.9 Å². The van der Waals surface area contributed by atoms with Crippen molar-refractivity contribution in [1.29, 1.82) is 0 Å². The molecule has 0 atom stereocenters. The van der Waals surface area contributed by atoms with Gasteiger partial charge in [0.2, 0.25) is 0 Å². The minimum atomic E-state index is 0.533. The Labute approximate surface area is 138 Å². The maximum absolute atomic E-state index is 5.91. The first kappa shape index (κ1) is 14.1. The molecule has 0 unspecified atom stereocenters. The number of methoxy groups -OCH3 is 1. The van der Waals surface area contributed by atoms with Crippen LogP contribution in [0.2, 0.25) is 0 Å². The Balaban J connectivity index is 1.50. The van der Waals surface area contributed by atoms with Crippen LogP contribution >= 0.6 is 11.8 Å². The fourth-order valence-electron chi connectivity index (χ4n) is 2.49. The SMILES string of the molecule is COc1ccc(COc2ccc3c(c2)SCc2nncn2-3)cc1. The second-order valence-corrected chi connectivity index (χ2v) is 6.19. The molecule has 5 nitrogen and oxygen atoms in total. The van der Waals surface area contributed by atoms with Gasteiger partial charge in [-0.3, -0.25) is 4.57 Å². The van der Waals surface area contributed by atoms with E-state index in [2.05, 4.69) is 22.3 Å². The molecule has 1 aliphatic heterocycles. The molecule has 116 valence electrons. The first-order valence-corrected chi connectivity index (χ1v) is 8.24. The van der Waals surface area contributed by atoms with Crippen molar-refractivity contribution >= 4 is 11.8 Å². The van der Waals surface area contributed by atoms with E-state index in [1.165, 1.54) is 4.90 Å². The number of aromatic nitrogens is 3. The number of ether oxygens (including phenoxy) is 2. The summed E-state index contributed by atoms with van der Waals surface area (Å²) in [6.45, 7) is 0.533. The second-order valence-electron chi connectivity index (χ2n) is 5.17. The molecule has 6 heteroatoms. The van der Waals surface area contributed by atoms with Crippen molar-refractivity contribution in [3.63, 3.8) is 0 Å². The topological polar surface area (TPSA) is 49.2 Å². The third-order valence-corrected chi connectivity index (χ3v) is 4.77. The highest BCUT2D eigenvalue weighted by Crippen LogP contribution is 2.36. The fourth-order valence-corrected chi connectivity index (χ4v) is 3.48. The molecular weight excluding hydrogens is 310 g/mol. The lowest BCUT2D eigenvalue weighted by Gasteiger charge is -2.18. The largest absolute Gasteiger partial charge is 0.497 e. The van der Waals surface area contributed by atoms with Crippen LogP contribution in [0.5, 0.6) is 11.5 Å². The number of thioether (sulfide) groups is 1. The van der Waals surface area contributed by atoms with Gasteiger partial charge in [0.1, 0.15) is 30.3 Å². The van der Waals surface area contributed by atoms with Crippen LogP contribution in [0.4, 0.5) is 0 Å². The van der Waals surface area contributed by atoms with E-state index in [1.54, 1.807) is 25.2 Å².